The molecule has 0 aliphatic rings. The van der Waals surface area contributed by atoms with E-state index < -0.39 is 0 Å². The Labute approximate surface area is 120 Å². The van der Waals surface area contributed by atoms with E-state index in [1.165, 1.54) is 18.0 Å². The van der Waals surface area contributed by atoms with Gasteiger partial charge in [0.2, 0.25) is 0 Å². The third-order valence-electron chi connectivity index (χ3n) is 2.44. The summed E-state index contributed by atoms with van der Waals surface area (Å²) in [5.74, 6) is 0.112. The second-order valence-corrected chi connectivity index (χ2v) is 4.90. The number of hydrogen-bond acceptors (Lipinski definition) is 5. The maximum absolute atomic E-state index is 11.6. The number of nitrogens with zero attached hydrogens (tertiary/aromatic N) is 3. The average Bonchev–Trinajstić information content (AvgIpc) is 2.84. The lowest BCUT2D eigenvalue weighted by Gasteiger charge is -2.01. The summed E-state index contributed by atoms with van der Waals surface area (Å²) < 4.78 is 1.84. The van der Waals surface area contributed by atoms with Gasteiger partial charge in [-0.05, 0) is 12.1 Å². The van der Waals surface area contributed by atoms with Crippen LogP contribution >= 0.6 is 11.8 Å². The number of hydrazone groups is 1. The smallest absolute Gasteiger partial charge is 0.250 e. The second-order valence-electron chi connectivity index (χ2n) is 3.96. The van der Waals surface area contributed by atoms with Crippen molar-refractivity contribution in [1.29, 1.82) is 0 Å². The van der Waals surface area contributed by atoms with Crippen molar-refractivity contribution in [3.63, 3.8) is 0 Å². The number of hydrogen-bond donors (Lipinski definition) is 2. The molecule has 0 radical (unpaired) electrons. The molecule has 7 heteroatoms. The van der Waals surface area contributed by atoms with Crippen LogP contribution in [0.3, 0.4) is 0 Å². The molecule has 2 N–H and O–H groups in total. The van der Waals surface area contributed by atoms with Crippen molar-refractivity contribution in [3.05, 3.63) is 42.2 Å². The Bertz CT molecular complexity index is 624. The molecule has 0 saturated heterocycles. The van der Waals surface area contributed by atoms with E-state index in [4.69, 9.17) is 0 Å². The van der Waals surface area contributed by atoms with Gasteiger partial charge in [0, 0.05) is 25.0 Å². The Hall–Kier alpha value is -2.28. The van der Waals surface area contributed by atoms with Crippen molar-refractivity contribution in [2.24, 2.45) is 12.1 Å². The van der Waals surface area contributed by atoms with Gasteiger partial charge in [0.05, 0.1) is 12.0 Å². The summed E-state index contributed by atoms with van der Waals surface area (Å²) in [4.78, 5) is 15.7. The summed E-state index contributed by atoms with van der Waals surface area (Å²) in [5.41, 5.74) is 2.95. The molecule has 1 heterocycles. The number of aryl methyl sites for hydroxylation is 1. The SMILES string of the molecule is Cn1ccnc1SCC(=O)N/N=C\c1ccccc1O. The molecule has 2 aromatic rings. The number of aromatic hydroxyl groups is 1. The van der Waals surface area contributed by atoms with Gasteiger partial charge < -0.3 is 9.67 Å². The van der Waals surface area contributed by atoms with E-state index in [-0.39, 0.29) is 17.4 Å². The fraction of sp³-hybridized carbons (Fsp3) is 0.154. The summed E-state index contributed by atoms with van der Waals surface area (Å²) in [7, 11) is 1.86. The lowest BCUT2D eigenvalue weighted by molar-refractivity contribution is -0.118. The highest BCUT2D eigenvalue weighted by Gasteiger charge is 2.04. The first kappa shape index (κ1) is 14.1. The number of phenolic OH excluding ortho intramolecular Hbond substituents is 1. The Morgan fingerprint density at radius 2 is 2.35 bits per heavy atom. The van der Waals surface area contributed by atoms with Crippen LogP contribution in [0.2, 0.25) is 0 Å². The predicted molar refractivity (Wildman–Crippen MR) is 77.8 cm³/mol. The van der Waals surface area contributed by atoms with Crippen LogP contribution in [-0.4, -0.2) is 32.5 Å². The first-order valence-electron chi connectivity index (χ1n) is 5.87. The monoisotopic (exact) mass is 290 g/mol. The van der Waals surface area contributed by atoms with Crippen molar-refractivity contribution in [2.75, 3.05) is 5.75 Å². The summed E-state index contributed by atoms with van der Waals surface area (Å²) in [6.45, 7) is 0. The molecule has 1 aromatic carbocycles. The maximum Gasteiger partial charge on any atom is 0.250 e. The number of aromatic nitrogens is 2. The second kappa shape index (κ2) is 6.76. The van der Waals surface area contributed by atoms with Gasteiger partial charge in [0.15, 0.2) is 5.16 Å². The van der Waals surface area contributed by atoms with E-state index in [0.717, 1.165) is 5.16 Å². The summed E-state index contributed by atoms with van der Waals surface area (Å²) in [6, 6.07) is 6.75. The molecular weight excluding hydrogens is 276 g/mol. The number of nitrogens with one attached hydrogen (secondary N) is 1. The Morgan fingerprint density at radius 3 is 3.05 bits per heavy atom. The van der Waals surface area contributed by atoms with Gasteiger partial charge in [-0.15, -0.1) is 0 Å². The third-order valence-corrected chi connectivity index (χ3v) is 3.50. The van der Waals surface area contributed by atoms with Gasteiger partial charge in [-0.25, -0.2) is 10.4 Å². The van der Waals surface area contributed by atoms with E-state index in [2.05, 4.69) is 15.5 Å². The number of carbonyl (C=O) groups is 1. The predicted octanol–water partition coefficient (Wildman–Crippen LogP) is 1.37. The number of phenols is 1. The number of para-hydroxylation sites is 1. The van der Waals surface area contributed by atoms with E-state index in [1.54, 1.807) is 30.5 Å². The van der Waals surface area contributed by atoms with Crippen LogP contribution in [0.25, 0.3) is 0 Å². The lowest BCUT2D eigenvalue weighted by atomic mass is 10.2. The number of rotatable bonds is 5. The lowest BCUT2D eigenvalue weighted by Crippen LogP contribution is -2.19. The van der Waals surface area contributed by atoms with Crippen LogP contribution in [0.5, 0.6) is 5.75 Å². The molecule has 0 unspecified atom stereocenters. The molecule has 0 aliphatic heterocycles. The Kier molecular flexibility index (Phi) is 4.78. The number of amides is 1. The number of benzene rings is 1. The fourth-order valence-electron chi connectivity index (χ4n) is 1.42. The highest BCUT2D eigenvalue weighted by Crippen LogP contribution is 2.14. The minimum absolute atomic E-state index is 0.118. The zero-order chi connectivity index (χ0) is 14.4. The maximum atomic E-state index is 11.6. The van der Waals surface area contributed by atoms with Gasteiger partial charge in [-0.2, -0.15) is 5.10 Å². The molecule has 1 aromatic heterocycles. The van der Waals surface area contributed by atoms with Crippen LogP contribution in [-0.2, 0) is 11.8 Å². The van der Waals surface area contributed by atoms with Crippen molar-refractivity contribution in [3.8, 4) is 5.75 Å². The zero-order valence-electron chi connectivity index (χ0n) is 10.9. The van der Waals surface area contributed by atoms with Crippen molar-refractivity contribution < 1.29 is 9.90 Å². The summed E-state index contributed by atoms with van der Waals surface area (Å²) in [6.07, 6.45) is 4.89. The van der Waals surface area contributed by atoms with Crippen molar-refractivity contribution >= 4 is 23.9 Å². The molecule has 1 amide bonds. The van der Waals surface area contributed by atoms with Crippen molar-refractivity contribution in [1.82, 2.24) is 15.0 Å². The topological polar surface area (TPSA) is 79.5 Å². The number of thioether (sulfide) groups is 1. The van der Waals surface area contributed by atoms with Gasteiger partial charge in [-0.3, -0.25) is 4.79 Å². The quantitative estimate of drug-likeness (QED) is 0.495. The number of imidazole rings is 1. The molecular formula is C13H14N4O2S. The minimum Gasteiger partial charge on any atom is -0.507 e. The molecule has 0 bridgehead atoms. The van der Waals surface area contributed by atoms with Crippen LogP contribution in [0, 0.1) is 0 Å². The van der Waals surface area contributed by atoms with Crippen LogP contribution in [0.1, 0.15) is 5.56 Å². The molecule has 0 aliphatic carbocycles. The Balaban J connectivity index is 1.81. The highest BCUT2D eigenvalue weighted by atomic mass is 32.2. The molecule has 6 nitrogen and oxygen atoms in total. The van der Waals surface area contributed by atoms with E-state index >= 15 is 0 Å². The van der Waals surface area contributed by atoms with Crippen molar-refractivity contribution in [2.45, 2.75) is 5.16 Å². The van der Waals surface area contributed by atoms with E-state index in [1.807, 2.05) is 17.8 Å². The molecule has 104 valence electrons. The zero-order valence-corrected chi connectivity index (χ0v) is 11.7. The van der Waals surface area contributed by atoms with Crippen LogP contribution in [0.15, 0.2) is 46.9 Å². The van der Waals surface area contributed by atoms with Crippen LogP contribution in [0.4, 0.5) is 0 Å². The fourth-order valence-corrected chi connectivity index (χ4v) is 2.15. The number of carbonyl (C=O) groups excluding carboxylic acids is 1. The van der Waals surface area contributed by atoms with Gasteiger partial charge in [0.25, 0.3) is 5.91 Å². The van der Waals surface area contributed by atoms with Gasteiger partial charge in [-0.1, -0.05) is 23.9 Å². The molecule has 20 heavy (non-hydrogen) atoms. The largest absolute Gasteiger partial charge is 0.507 e. The normalized spacial score (nSPS) is 10.8. The molecule has 0 atom stereocenters. The molecule has 0 spiro atoms. The average molecular weight is 290 g/mol. The first-order chi connectivity index (χ1) is 9.66. The van der Waals surface area contributed by atoms with Gasteiger partial charge >= 0.3 is 0 Å². The summed E-state index contributed by atoms with van der Waals surface area (Å²) in [5, 5.41) is 14.1. The molecule has 2 rings (SSSR count). The standard InChI is InChI=1S/C13H14N4O2S/c1-17-7-6-14-13(17)20-9-12(19)16-15-8-10-4-2-3-5-11(10)18/h2-8,18H,9H2,1H3,(H,16,19)/b15-8-. The third kappa shape index (κ3) is 3.86. The molecule has 0 fully saturated rings. The molecule has 0 saturated carbocycles. The Morgan fingerprint density at radius 1 is 1.55 bits per heavy atom. The summed E-state index contributed by atoms with van der Waals surface area (Å²) >= 11 is 1.33. The highest BCUT2D eigenvalue weighted by molar-refractivity contribution is 7.99. The van der Waals surface area contributed by atoms with E-state index in [9.17, 15) is 9.90 Å². The van der Waals surface area contributed by atoms with E-state index in [0.29, 0.717) is 5.56 Å². The van der Waals surface area contributed by atoms with Gasteiger partial charge in [0.1, 0.15) is 5.75 Å². The van der Waals surface area contributed by atoms with Crippen LogP contribution < -0.4 is 5.43 Å². The minimum atomic E-state index is -0.232. The first-order valence-corrected chi connectivity index (χ1v) is 6.85.